The zero-order chi connectivity index (χ0) is 25.4. The Morgan fingerprint density at radius 2 is 1.52 bits per heavy atom. The minimum atomic E-state index is -6.02. The Hall–Kier alpha value is -0.880. The van der Waals surface area contributed by atoms with Crippen molar-refractivity contribution in [1.29, 1.82) is 0 Å². The van der Waals surface area contributed by atoms with Gasteiger partial charge in [0.05, 0.1) is 6.61 Å². The quantitative estimate of drug-likeness (QED) is 0.141. The van der Waals surface area contributed by atoms with Gasteiger partial charge in [0.1, 0.15) is 24.1 Å². The van der Waals surface area contributed by atoms with Gasteiger partial charge < -0.3 is 45.2 Å². The van der Waals surface area contributed by atoms with Gasteiger partial charge in [-0.2, -0.15) is 17.9 Å². The predicted molar refractivity (Wildman–Crippen MR) is 99.6 cm³/mol. The summed E-state index contributed by atoms with van der Waals surface area (Å²) in [7, 11) is -23.3. The number of aliphatic hydroxyl groups is 2. The lowest BCUT2D eigenvalue weighted by atomic mass is 10.1. The molecule has 33 heavy (non-hydrogen) atoms. The maximum atomic E-state index is 11.8. The number of hydrogen-bond donors (Lipinski definition) is 8. The van der Waals surface area contributed by atoms with E-state index in [1.54, 1.807) is 0 Å². The third kappa shape index (κ3) is 8.38. The van der Waals surface area contributed by atoms with Crippen molar-refractivity contribution < 1.29 is 75.1 Å². The molecular formula is C9H17N3O17P4. The van der Waals surface area contributed by atoms with Crippen LogP contribution >= 0.6 is 31.3 Å². The molecule has 1 aromatic rings. The van der Waals surface area contributed by atoms with E-state index in [0.29, 0.717) is 0 Å². The van der Waals surface area contributed by atoms with E-state index in [2.05, 4.69) is 22.4 Å². The van der Waals surface area contributed by atoms with Crippen molar-refractivity contribution in [3.63, 3.8) is 0 Å². The predicted octanol–water partition coefficient (Wildman–Crippen LogP) is -2.10. The minimum Gasteiger partial charge on any atom is -0.387 e. The van der Waals surface area contributed by atoms with Crippen molar-refractivity contribution in [1.82, 2.24) is 9.55 Å². The van der Waals surface area contributed by atoms with Crippen LogP contribution in [0, 0.1) is 0 Å². The second kappa shape index (κ2) is 10.0. The third-order valence-electron chi connectivity index (χ3n) is 3.49. The Morgan fingerprint density at radius 1 is 0.970 bits per heavy atom. The number of nitrogens with two attached hydrogens (primary N) is 1. The van der Waals surface area contributed by atoms with Crippen LogP contribution < -0.4 is 11.4 Å². The average molecular weight is 563 g/mol. The van der Waals surface area contributed by atoms with Crippen LogP contribution in [0.3, 0.4) is 0 Å². The molecule has 1 aliphatic heterocycles. The molecule has 20 nitrogen and oxygen atoms in total. The number of aliphatic hydroxyl groups excluding tert-OH is 2. The average Bonchev–Trinajstić information content (AvgIpc) is 2.84. The fourth-order valence-corrected chi connectivity index (χ4v) is 6.79. The van der Waals surface area contributed by atoms with Crippen LogP contribution in [-0.2, 0) is 40.5 Å². The van der Waals surface area contributed by atoms with Crippen LogP contribution in [0.15, 0.2) is 17.1 Å². The van der Waals surface area contributed by atoms with E-state index in [0.717, 1.165) is 16.8 Å². The van der Waals surface area contributed by atoms with Gasteiger partial charge in [0.15, 0.2) is 6.23 Å². The number of anilines is 1. The molecular weight excluding hydrogens is 546 g/mol. The zero-order valence-corrected chi connectivity index (χ0v) is 19.2. The topological polar surface area (TPSA) is 317 Å². The maximum absolute atomic E-state index is 11.8. The number of phosphoric acid groups is 4. The molecule has 1 saturated heterocycles. The molecule has 190 valence electrons. The van der Waals surface area contributed by atoms with Crippen LogP contribution in [0.1, 0.15) is 6.23 Å². The number of nitrogen functional groups attached to an aromatic ring is 1. The summed E-state index contributed by atoms with van der Waals surface area (Å²) in [4.78, 5) is 59.8. The van der Waals surface area contributed by atoms with Gasteiger partial charge in [-0.05, 0) is 6.07 Å². The zero-order valence-electron chi connectivity index (χ0n) is 15.6. The smallest absolute Gasteiger partial charge is 0.387 e. The number of phosphoric ester groups is 1. The monoisotopic (exact) mass is 563 g/mol. The second-order valence-corrected chi connectivity index (χ2v) is 12.0. The van der Waals surface area contributed by atoms with E-state index in [1.165, 1.54) is 0 Å². The van der Waals surface area contributed by atoms with E-state index >= 15 is 0 Å². The molecule has 0 amide bonds. The van der Waals surface area contributed by atoms with Crippen LogP contribution in [0.4, 0.5) is 5.82 Å². The summed E-state index contributed by atoms with van der Waals surface area (Å²) in [6.07, 6.45) is -5.71. The molecule has 0 saturated carbocycles. The molecule has 24 heteroatoms. The second-order valence-electron chi connectivity index (χ2n) is 6.03. The van der Waals surface area contributed by atoms with Crippen molar-refractivity contribution in [2.24, 2.45) is 0 Å². The first kappa shape index (κ1) is 28.4. The fraction of sp³-hybridized carbons (Fsp3) is 0.556. The van der Waals surface area contributed by atoms with Gasteiger partial charge in [-0.3, -0.25) is 9.09 Å². The number of hydrogen-bond acceptors (Lipinski definition) is 14. The molecule has 2 heterocycles. The molecule has 9 N–H and O–H groups in total. The molecule has 1 aliphatic rings. The first-order valence-corrected chi connectivity index (χ1v) is 14.0. The summed E-state index contributed by atoms with van der Waals surface area (Å²) < 4.78 is 65.8. The highest BCUT2D eigenvalue weighted by Crippen LogP contribution is 2.70. The minimum absolute atomic E-state index is 0.156. The van der Waals surface area contributed by atoms with Crippen molar-refractivity contribution in [2.45, 2.75) is 24.5 Å². The number of nitrogens with zero attached hydrogens (tertiary/aromatic N) is 2. The SMILES string of the molecule is Nc1ccn([C@@H]2O[C@H](COP(=O)(O)OP(=O)(O)OP(=O)(O)OP(=O)(O)O)C(O)C2O)c(=O)n1. The van der Waals surface area contributed by atoms with E-state index in [9.17, 15) is 43.1 Å². The molecule has 2 rings (SSSR count). The van der Waals surface area contributed by atoms with E-state index in [4.69, 9.17) is 25.2 Å². The van der Waals surface area contributed by atoms with Crippen molar-refractivity contribution in [3.05, 3.63) is 22.7 Å². The molecule has 0 aliphatic carbocycles. The van der Waals surface area contributed by atoms with Gasteiger partial charge in [-0.1, -0.05) is 0 Å². The van der Waals surface area contributed by atoms with Crippen molar-refractivity contribution in [2.75, 3.05) is 12.3 Å². The van der Waals surface area contributed by atoms with Gasteiger partial charge in [0, 0.05) is 6.20 Å². The Balaban J connectivity index is 2.03. The normalized spacial score (nSPS) is 29.2. The summed E-state index contributed by atoms with van der Waals surface area (Å²) in [5.74, 6) is -0.156. The maximum Gasteiger partial charge on any atom is 0.490 e. The largest absolute Gasteiger partial charge is 0.490 e. The van der Waals surface area contributed by atoms with Crippen molar-refractivity contribution in [3.8, 4) is 0 Å². The lowest BCUT2D eigenvalue weighted by Crippen LogP contribution is -2.36. The Kier molecular flexibility index (Phi) is 8.60. The van der Waals surface area contributed by atoms with Crippen LogP contribution in [0.2, 0.25) is 0 Å². The van der Waals surface area contributed by atoms with Crippen LogP contribution in [0.25, 0.3) is 0 Å². The summed E-state index contributed by atoms with van der Waals surface area (Å²) >= 11 is 0. The van der Waals surface area contributed by atoms with E-state index in [1.807, 2.05) is 0 Å². The number of ether oxygens (including phenoxy) is 1. The molecule has 7 atom stereocenters. The molecule has 1 fully saturated rings. The highest BCUT2D eigenvalue weighted by molar-refractivity contribution is 7.69. The lowest BCUT2D eigenvalue weighted by molar-refractivity contribution is -0.0541. The van der Waals surface area contributed by atoms with Gasteiger partial charge in [-0.15, -0.1) is 0 Å². The van der Waals surface area contributed by atoms with Gasteiger partial charge in [0.2, 0.25) is 0 Å². The lowest BCUT2D eigenvalue weighted by Gasteiger charge is -2.20. The summed E-state index contributed by atoms with van der Waals surface area (Å²) in [6, 6.07) is 1.16. The highest BCUT2D eigenvalue weighted by atomic mass is 31.3. The summed E-state index contributed by atoms with van der Waals surface area (Å²) in [5, 5.41) is 20.1. The van der Waals surface area contributed by atoms with Gasteiger partial charge >= 0.3 is 37.0 Å². The van der Waals surface area contributed by atoms with Crippen molar-refractivity contribution >= 4 is 37.1 Å². The molecule has 0 bridgehead atoms. The Bertz CT molecular complexity index is 1120. The van der Waals surface area contributed by atoms with Crippen LogP contribution in [-0.4, -0.2) is 69.1 Å². The Morgan fingerprint density at radius 3 is 2.06 bits per heavy atom. The standard InChI is InChI=1S/C9H17N3O17P4/c10-5-1-2-12(9(15)11-5)8-7(14)6(13)4(26-8)3-25-31(19,20)28-33(23,24)29-32(21,22)27-30(16,17)18/h1-2,4,6-8,13-14H,3H2,(H,19,20)(H,21,22)(H,23,24)(H2,10,11,15)(H2,16,17,18)/t4-,6?,7?,8-/m1/s1. The fourth-order valence-electron chi connectivity index (χ4n) is 2.33. The molecule has 0 aromatic carbocycles. The van der Waals surface area contributed by atoms with Gasteiger partial charge in [-0.25, -0.2) is 23.1 Å². The molecule has 0 spiro atoms. The first-order chi connectivity index (χ1) is 14.8. The van der Waals surface area contributed by atoms with Crippen LogP contribution in [0.5, 0.6) is 0 Å². The molecule has 0 radical (unpaired) electrons. The van der Waals surface area contributed by atoms with E-state index in [-0.39, 0.29) is 5.82 Å². The van der Waals surface area contributed by atoms with E-state index < -0.39 is 68.1 Å². The Labute approximate surface area is 182 Å². The molecule has 5 unspecified atom stereocenters. The third-order valence-corrected chi connectivity index (χ3v) is 8.94. The van der Waals surface area contributed by atoms with Gasteiger partial charge in [0.25, 0.3) is 0 Å². The first-order valence-electron chi connectivity index (χ1n) is 8.00. The molecule has 1 aromatic heterocycles. The summed E-state index contributed by atoms with van der Waals surface area (Å²) in [6.45, 7) is -1.12. The summed E-state index contributed by atoms with van der Waals surface area (Å²) in [5.41, 5.74) is 4.35. The number of rotatable bonds is 10. The highest BCUT2D eigenvalue weighted by Gasteiger charge is 2.48. The number of aromatic nitrogens is 2.